The molecule has 0 bridgehead atoms. The van der Waals surface area contributed by atoms with E-state index in [1.54, 1.807) is 0 Å². The van der Waals surface area contributed by atoms with Gasteiger partial charge in [0, 0.05) is 18.6 Å². The Bertz CT molecular complexity index is 467. The van der Waals surface area contributed by atoms with Crippen molar-refractivity contribution >= 4 is 0 Å². The highest BCUT2D eigenvalue weighted by atomic mass is 15.2. The summed E-state index contributed by atoms with van der Waals surface area (Å²) in [6.07, 6.45) is 5.40. The van der Waals surface area contributed by atoms with Gasteiger partial charge in [-0.15, -0.1) is 0 Å². The van der Waals surface area contributed by atoms with Crippen molar-refractivity contribution in [1.29, 1.82) is 0 Å². The quantitative estimate of drug-likeness (QED) is 0.884. The fraction of sp³-hybridized carbons (Fsp3) is 0.684. The zero-order chi connectivity index (χ0) is 15.5. The molecule has 118 valence electrons. The first-order chi connectivity index (χ1) is 9.93. The first-order valence-corrected chi connectivity index (χ1v) is 8.37. The molecule has 1 N–H and O–H groups in total. The number of hydrogen-bond donors (Lipinski definition) is 1. The monoisotopic (exact) mass is 288 g/mol. The Kier molecular flexibility index (Phi) is 5.45. The molecule has 1 aromatic carbocycles. The van der Waals surface area contributed by atoms with Crippen LogP contribution >= 0.6 is 0 Å². The molecular formula is C19H32N2. The number of rotatable bonds is 5. The maximum Gasteiger partial charge on any atom is 0.0330 e. The van der Waals surface area contributed by atoms with Gasteiger partial charge in [-0.2, -0.15) is 0 Å². The summed E-state index contributed by atoms with van der Waals surface area (Å²) < 4.78 is 0. The first kappa shape index (κ1) is 16.5. The summed E-state index contributed by atoms with van der Waals surface area (Å²) in [5.41, 5.74) is 4.51. The molecule has 0 saturated heterocycles. The van der Waals surface area contributed by atoms with Crippen molar-refractivity contribution in [3.8, 4) is 0 Å². The summed E-state index contributed by atoms with van der Waals surface area (Å²) in [5.74, 6) is 0.851. The Hall–Kier alpha value is -0.860. The van der Waals surface area contributed by atoms with Crippen LogP contribution in [0.5, 0.6) is 0 Å². The highest BCUT2D eigenvalue weighted by molar-refractivity contribution is 5.29. The second kappa shape index (κ2) is 6.93. The van der Waals surface area contributed by atoms with Gasteiger partial charge in [0.25, 0.3) is 0 Å². The van der Waals surface area contributed by atoms with E-state index in [1.807, 2.05) is 0 Å². The van der Waals surface area contributed by atoms with Crippen molar-refractivity contribution in [3.05, 3.63) is 34.9 Å². The Morgan fingerprint density at radius 1 is 1.24 bits per heavy atom. The summed E-state index contributed by atoms with van der Waals surface area (Å²) in [4.78, 5) is 2.45. The normalized spacial score (nSPS) is 26.3. The summed E-state index contributed by atoms with van der Waals surface area (Å²) >= 11 is 0. The maximum atomic E-state index is 3.72. The van der Waals surface area contributed by atoms with Gasteiger partial charge >= 0.3 is 0 Å². The van der Waals surface area contributed by atoms with Crippen LogP contribution in [0.1, 0.15) is 49.3 Å². The van der Waals surface area contributed by atoms with Crippen molar-refractivity contribution in [3.63, 3.8) is 0 Å². The molecule has 2 rings (SSSR count). The van der Waals surface area contributed by atoms with Crippen LogP contribution in [0, 0.1) is 19.8 Å². The molecule has 0 heterocycles. The molecule has 0 spiro atoms. The highest BCUT2D eigenvalue weighted by Crippen LogP contribution is 2.35. The summed E-state index contributed by atoms with van der Waals surface area (Å²) in [6.45, 7) is 8.85. The van der Waals surface area contributed by atoms with Crippen molar-refractivity contribution in [2.24, 2.45) is 5.92 Å². The largest absolute Gasteiger partial charge is 0.311 e. The van der Waals surface area contributed by atoms with Crippen LogP contribution < -0.4 is 5.32 Å². The molecule has 0 radical (unpaired) electrons. The third kappa shape index (κ3) is 4.08. The minimum absolute atomic E-state index is 0.345. The molecule has 0 aliphatic heterocycles. The van der Waals surface area contributed by atoms with Gasteiger partial charge in [0.05, 0.1) is 0 Å². The number of likely N-dealkylation sites (N-methyl/N-ethyl adjacent to an activating group) is 1. The van der Waals surface area contributed by atoms with E-state index in [4.69, 9.17) is 0 Å². The van der Waals surface area contributed by atoms with E-state index in [2.05, 4.69) is 63.3 Å². The van der Waals surface area contributed by atoms with E-state index in [0.717, 1.165) is 19.0 Å². The standard InChI is InChI=1S/C19H32N2/c1-15-7-6-10-19(12-15,21(4)5)14-20-13-18-9-8-16(2)17(3)11-18/h8-9,11,15,20H,6-7,10,12-14H2,1-5H3. The first-order valence-electron chi connectivity index (χ1n) is 8.37. The van der Waals surface area contributed by atoms with Crippen LogP contribution in [-0.4, -0.2) is 31.1 Å². The van der Waals surface area contributed by atoms with Gasteiger partial charge in [0.15, 0.2) is 0 Å². The Balaban J connectivity index is 1.94. The van der Waals surface area contributed by atoms with Crippen LogP contribution in [0.2, 0.25) is 0 Å². The zero-order valence-corrected chi connectivity index (χ0v) is 14.5. The third-order valence-corrected chi connectivity index (χ3v) is 5.37. The Morgan fingerprint density at radius 2 is 2.00 bits per heavy atom. The molecule has 2 nitrogen and oxygen atoms in total. The minimum atomic E-state index is 0.345. The van der Waals surface area contributed by atoms with Gasteiger partial charge in [0.1, 0.15) is 0 Å². The molecular weight excluding hydrogens is 256 g/mol. The third-order valence-electron chi connectivity index (χ3n) is 5.37. The van der Waals surface area contributed by atoms with Crippen molar-refractivity contribution in [2.45, 2.75) is 58.5 Å². The number of nitrogens with zero attached hydrogens (tertiary/aromatic N) is 1. The fourth-order valence-corrected chi connectivity index (χ4v) is 3.71. The molecule has 0 aromatic heterocycles. The molecule has 1 aliphatic carbocycles. The van der Waals surface area contributed by atoms with Gasteiger partial charge in [-0.3, -0.25) is 0 Å². The lowest BCUT2D eigenvalue weighted by atomic mass is 9.75. The summed E-state index contributed by atoms with van der Waals surface area (Å²) in [5, 5.41) is 3.72. The molecule has 2 atom stereocenters. The number of benzene rings is 1. The predicted octanol–water partition coefficient (Wildman–Crippen LogP) is 3.90. The van der Waals surface area contributed by atoms with Gasteiger partial charge in [-0.25, -0.2) is 0 Å². The van der Waals surface area contributed by atoms with E-state index in [0.29, 0.717) is 5.54 Å². The van der Waals surface area contributed by atoms with Crippen molar-refractivity contribution in [2.75, 3.05) is 20.6 Å². The molecule has 2 unspecified atom stereocenters. The lowest BCUT2D eigenvalue weighted by Crippen LogP contribution is -2.54. The van der Waals surface area contributed by atoms with Gasteiger partial charge in [0.2, 0.25) is 0 Å². The molecule has 1 fully saturated rings. The predicted molar refractivity (Wildman–Crippen MR) is 91.7 cm³/mol. The van der Waals surface area contributed by atoms with E-state index >= 15 is 0 Å². The number of nitrogens with one attached hydrogen (secondary N) is 1. The zero-order valence-electron chi connectivity index (χ0n) is 14.5. The minimum Gasteiger partial charge on any atom is -0.311 e. The van der Waals surface area contributed by atoms with Crippen LogP contribution in [-0.2, 0) is 6.54 Å². The highest BCUT2D eigenvalue weighted by Gasteiger charge is 2.36. The Labute approximate surface area is 130 Å². The van der Waals surface area contributed by atoms with E-state index < -0.39 is 0 Å². The van der Waals surface area contributed by atoms with Crippen LogP contribution in [0.15, 0.2) is 18.2 Å². The molecule has 1 aliphatic rings. The second-order valence-corrected chi connectivity index (χ2v) is 7.34. The second-order valence-electron chi connectivity index (χ2n) is 7.34. The van der Waals surface area contributed by atoms with Crippen molar-refractivity contribution in [1.82, 2.24) is 10.2 Å². The lowest BCUT2D eigenvalue weighted by Gasteiger charge is -2.45. The lowest BCUT2D eigenvalue weighted by molar-refractivity contribution is 0.0749. The maximum absolute atomic E-state index is 3.72. The van der Waals surface area contributed by atoms with Crippen LogP contribution in [0.4, 0.5) is 0 Å². The molecule has 2 heteroatoms. The summed E-state index contributed by atoms with van der Waals surface area (Å²) in [7, 11) is 4.49. The molecule has 1 saturated carbocycles. The smallest absolute Gasteiger partial charge is 0.0330 e. The Morgan fingerprint density at radius 3 is 2.62 bits per heavy atom. The molecule has 0 amide bonds. The SMILES string of the molecule is Cc1ccc(CNCC2(N(C)C)CCCC(C)C2)cc1C. The van der Waals surface area contributed by atoms with Gasteiger partial charge < -0.3 is 10.2 Å². The number of aryl methyl sites for hydroxylation is 2. The summed E-state index contributed by atoms with van der Waals surface area (Å²) in [6, 6.07) is 6.80. The van der Waals surface area contributed by atoms with E-state index in [-0.39, 0.29) is 0 Å². The number of hydrogen-bond acceptors (Lipinski definition) is 2. The average molecular weight is 288 g/mol. The van der Waals surface area contributed by atoms with Crippen LogP contribution in [0.3, 0.4) is 0 Å². The fourth-order valence-electron chi connectivity index (χ4n) is 3.71. The van der Waals surface area contributed by atoms with Crippen LogP contribution in [0.25, 0.3) is 0 Å². The topological polar surface area (TPSA) is 15.3 Å². The van der Waals surface area contributed by atoms with E-state index in [1.165, 1.54) is 42.4 Å². The average Bonchev–Trinajstić information content (AvgIpc) is 2.42. The van der Waals surface area contributed by atoms with Crippen molar-refractivity contribution < 1.29 is 0 Å². The van der Waals surface area contributed by atoms with Gasteiger partial charge in [-0.1, -0.05) is 38.0 Å². The van der Waals surface area contributed by atoms with Gasteiger partial charge in [-0.05, 0) is 63.4 Å². The van der Waals surface area contributed by atoms with E-state index in [9.17, 15) is 0 Å². The molecule has 1 aromatic rings. The molecule has 21 heavy (non-hydrogen) atoms.